The van der Waals surface area contributed by atoms with Crippen molar-refractivity contribution in [2.75, 3.05) is 24.2 Å². The van der Waals surface area contributed by atoms with E-state index in [0.717, 1.165) is 0 Å². The predicted molar refractivity (Wildman–Crippen MR) is 78.6 cm³/mol. The third-order valence-corrected chi connectivity index (χ3v) is 2.68. The fourth-order valence-electron chi connectivity index (χ4n) is 1.67. The van der Waals surface area contributed by atoms with E-state index in [4.69, 9.17) is 10.5 Å². The van der Waals surface area contributed by atoms with E-state index in [-0.39, 0.29) is 12.5 Å². The fourth-order valence-corrected chi connectivity index (χ4v) is 1.67. The lowest BCUT2D eigenvalue weighted by molar-refractivity contribution is -0.121. The molecule has 110 valence electrons. The average Bonchev–Trinajstić information content (AvgIpc) is 2.41. The number of rotatable bonds is 6. The van der Waals surface area contributed by atoms with Crippen LogP contribution in [-0.2, 0) is 9.53 Å². The van der Waals surface area contributed by atoms with E-state index in [0.29, 0.717) is 23.5 Å². The third kappa shape index (κ3) is 4.15. The van der Waals surface area contributed by atoms with Crippen LogP contribution >= 0.6 is 0 Å². The second kappa shape index (κ2) is 7.37. The first-order chi connectivity index (χ1) is 9.49. The lowest BCUT2D eigenvalue weighted by atomic mass is 10.1. The van der Waals surface area contributed by atoms with E-state index in [1.165, 1.54) is 0 Å². The maximum atomic E-state index is 11.7. The summed E-state index contributed by atoms with van der Waals surface area (Å²) in [5, 5.41) is 5.73. The SMILES string of the molecule is CCNC(=O)C(C)Nc1ccc(N)c(C(=O)OCC)c1. The van der Waals surface area contributed by atoms with Crippen molar-refractivity contribution in [2.45, 2.75) is 26.8 Å². The molecule has 0 aliphatic heterocycles. The van der Waals surface area contributed by atoms with E-state index in [1.54, 1.807) is 32.0 Å². The number of amides is 1. The highest BCUT2D eigenvalue weighted by molar-refractivity contribution is 5.96. The Morgan fingerprint density at radius 3 is 2.65 bits per heavy atom. The van der Waals surface area contributed by atoms with Gasteiger partial charge in [0.2, 0.25) is 5.91 Å². The van der Waals surface area contributed by atoms with Gasteiger partial charge < -0.3 is 21.1 Å². The minimum absolute atomic E-state index is 0.109. The van der Waals surface area contributed by atoms with Crippen molar-refractivity contribution in [1.29, 1.82) is 0 Å². The summed E-state index contributed by atoms with van der Waals surface area (Å²) < 4.78 is 4.93. The largest absolute Gasteiger partial charge is 0.462 e. The number of carbonyl (C=O) groups is 2. The molecule has 0 heterocycles. The van der Waals surface area contributed by atoms with Gasteiger partial charge in [0.05, 0.1) is 12.2 Å². The lowest BCUT2D eigenvalue weighted by Gasteiger charge is -2.15. The Hall–Kier alpha value is -2.24. The summed E-state index contributed by atoms with van der Waals surface area (Å²) in [6.07, 6.45) is 0. The summed E-state index contributed by atoms with van der Waals surface area (Å²) in [6, 6.07) is 4.50. The van der Waals surface area contributed by atoms with Crippen LogP contribution in [0.1, 0.15) is 31.1 Å². The number of carbonyl (C=O) groups excluding carboxylic acids is 2. The quantitative estimate of drug-likeness (QED) is 0.540. The minimum Gasteiger partial charge on any atom is -0.462 e. The van der Waals surface area contributed by atoms with Gasteiger partial charge in [-0.15, -0.1) is 0 Å². The van der Waals surface area contributed by atoms with Crippen LogP contribution in [0.15, 0.2) is 18.2 Å². The molecule has 0 aliphatic carbocycles. The van der Waals surface area contributed by atoms with Gasteiger partial charge in [-0.25, -0.2) is 4.79 Å². The van der Waals surface area contributed by atoms with Crippen molar-refractivity contribution < 1.29 is 14.3 Å². The van der Waals surface area contributed by atoms with E-state index in [1.807, 2.05) is 6.92 Å². The highest BCUT2D eigenvalue weighted by atomic mass is 16.5. The Bertz CT molecular complexity index is 489. The summed E-state index contributed by atoms with van der Waals surface area (Å²) in [5.74, 6) is -0.582. The topological polar surface area (TPSA) is 93.5 Å². The Morgan fingerprint density at radius 1 is 1.35 bits per heavy atom. The molecule has 1 unspecified atom stereocenters. The number of hydrogen-bond donors (Lipinski definition) is 3. The van der Waals surface area contributed by atoms with Gasteiger partial charge in [0.15, 0.2) is 0 Å². The molecule has 6 heteroatoms. The Balaban J connectivity index is 2.84. The molecule has 1 rings (SSSR count). The number of nitrogen functional groups attached to an aromatic ring is 1. The molecule has 0 radical (unpaired) electrons. The zero-order chi connectivity index (χ0) is 15.1. The molecule has 0 spiro atoms. The fraction of sp³-hybridized carbons (Fsp3) is 0.429. The average molecular weight is 279 g/mol. The van der Waals surface area contributed by atoms with Crippen molar-refractivity contribution in [3.8, 4) is 0 Å². The van der Waals surface area contributed by atoms with Crippen molar-refractivity contribution in [1.82, 2.24) is 5.32 Å². The van der Waals surface area contributed by atoms with Crippen LogP contribution in [0.2, 0.25) is 0 Å². The van der Waals surface area contributed by atoms with Gasteiger partial charge in [-0.3, -0.25) is 4.79 Å². The summed E-state index contributed by atoms with van der Waals surface area (Å²) >= 11 is 0. The van der Waals surface area contributed by atoms with Gasteiger partial charge >= 0.3 is 5.97 Å². The number of likely N-dealkylation sites (N-methyl/N-ethyl adjacent to an activating group) is 1. The number of anilines is 2. The molecule has 4 N–H and O–H groups in total. The second-order valence-corrected chi connectivity index (χ2v) is 4.28. The summed E-state index contributed by atoms with van der Waals surface area (Å²) in [6.45, 7) is 6.18. The smallest absolute Gasteiger partial charge is 0.340 e. The molecule has 1 amide bonds. The lowest BCUT2D eigenvalue weighted by Crippen LogP contribution is -2.37. The summed E-state index contributed by atoms with van der Waals surface area (Å²) in [4.78, 5) is 23.4. The molecule has 0 aliphatic rings. The van der Waals surface area contributed by atoms with Crippen molar-refractivity contribution >= 4 is 23.3 Å². The first-order valence-electron chi connectivity index (χ1n) is 6.60. The van der Waals surface area contributed by atoms with Crippen LogP contribution in [-0.4, -0.2) is 31.1 Å². The first kappa shape index (κ1) is 15.8. The van der Waals surface area contributed by atoms with Crippen LogP contribution in [0.3, 0.4) is 0 Å². The molecule has 1 atom stereocenters. The molecule has 0 bridgehead atoms. The van der Waals surface area contributed by atoms with Crippen LogP contribution in [0.25, 0.3) is 0 Å². The van der Waals surface area contributed by atoms with Crippen molar-refractivity contribution in [2.24, 2.45) is 0 Å². The van der Waals surface area contributed by atoms with Gasteiger partial charge in [0.25, 0.3) is 0 Å². The van der Waals surface area contributed by atoms with Gasteiger partial charge in [-0.1, -0.05) is 0 Å². The molecule has 0 saturated carbocycles. The second-order valence-electron chi connectivity index (χ2n) is 4.28. The van der Waals surface area contributed by atoms with E-state index >= 15 is 0 Å². The normalized spacial score (nSPS) is 11.6. The van der Waals surface area contributed by atoms with Gasteiger partial charge in [-0.05, 0) is 39.0 Å². The molecule has 0 fully saturated rings. The van der Waals surface area contributed by atoms with E-state index in [2.05, 4.69) is 10.6 Å². The number of esters is 1. The molecule has 0 aromatic heterocycles. The zero-order valence-electron chi connectivity index (χ0n) is 12.0. The molecule has 6 nitrogen and oxygen atoms in total. The van der Waals surface area contributed by atoms with Crippen molar-refractivity contribution in [3.63, 3.8) is 0 Å². The number of ether oxygens (including phenoxy) is 1. The molecule has 0 saturated heterocycles. The number of nitrogens with two attached hydrogens (primary N) is 1. The Labute approximate surface area is 118 Å². The Kier molecular flexibility index (Phi) is 5.83. The summed E-state index contributed by atoms with van der Waals surface area (Å²) in [5.41, 5.74) is 7.03. The third-order valence-electron chi connectivity index (χ3n) is 2.68. The van der Waals surface area contributed by atoms with Gasteiger partial charge in [0, 0.05) is 17.9 Å². The van der Waals surface area contributed by atoms with Crippen LogP contribution < -0.4 is 16.4 Å². The maximum absolute atomic E-state index is 11.7. The van der Waals surface area contributed by atoms with Gasteiger partial charge in [-0.2, -0.15) is 0 Å². The monoisotopic (exact) mass is 279 g/mol. The number of nitrogens with one attached hydrogen (secondary N) is 2. The molecule has 1 aromatic carbocycles. The zero-order valence-corrected chi connectivity index (χ0v) is 12.0. The molecule has 20 heavy (non-hydrogen) atoms. The standard InChI is InChI=1S/C14H21N3O3/c1-4-16-13(18)9(3)17-10-6-7-12(15)11(8-10)14(19)20-5-2/h6-9,17H,4-5,15H2,1-3H3,(H,16,18). The first-order valence-corrected chi connectivity index (χ1v) is 6.60. The summed E-state index contributed by atoms with van der Waals surface area (Å²) in [7, 11) is 0. The minimum atomic E-state index is -0.473. The predicted octanol–water partition coefficient (Wildman–Crippen LogP) is 1.38. The van der Waals surface area contributed by atoms with E-state index < -0.39 is 12.0 Å². The molecular formula is C14H21N3O3. The van der Waals surface area contributed by atoms with Crippen LogP contribution in [0.4, 0.5) is 11.4 Å². The number of hydrogen-bond acceptors (Lipinski definition) is 5. The van der Waals surface area contributed by atoms with Gasteiger partial charge in [0.1, 0.15) is 6.04 Å². The maximum Gasteiger partial charge on any atom is 0.340 e. The highest BCUT2D eigenvalue weighted by Crippen LogP contribution is 2.19. The molecule has 1 aromatic rings. The van der Waals surface area contributed by atoms with Crippen LogP contribution in [0.5, 0.6) is 0 Å². The van der Waals surface area contributed by atoms with Crippen LogP contribution in [0, 0.1) is 0 Å². The van der Waals surface area contributed by atoms with Crippen molar-refractivity contribution in [3.05, 3.63) is 23.8 Å². The molecular weight excluding hydrogens is 258 g/mol. The highest BCUT2D eigenvalue weighted by Gasteiger charge is 2.15. The Morgan fingerprint density at radius 2 is 2.05 bits per heavy atom. The van der Waals surface area contributed by atoms with E-state index in [9.17, 15) is 9.59 Å². The number of benzene rings is 1.